The second-order valence-electron chi connectivity index (χ2n) is 7.09. The number of benzene rings is 1. The molecule has 1 fully saturated rings. The van der Waals surface area contributed by atoms with E-state index in [1.54, 1.807) is 9.80 Å². The van der Waals surface area contributed by atoms with Crippen LogP contribution < -0.4 is 5.32 Å². The predicted octanol–water partition coefficient (Wildman–Crippen LogP) is 1.47. The summed E-state index contributed by atoms with van der Waals surface area (Å²) in [6, 6.07) is 11.5. The molecule has 1 aromatic carbocycles. The fourth-order valence-corrected chi connectivity index (χ4v) is 3.53. The molecule has 0 spiro atoms. The molecule has 0 aliphatic carbocycles. The van der Waals surface area contributed by atoms with Crippen molar-refractivity contribution in [2.24, 2.45) is 0 Å². The summed E-state index contributed by atoms with van der Waals surface area (Å²) in [4.78, 5) is 28.5. The Morgan fingerprint density at radius 1 is 1.04 bits per heavy atom. The summed E-state index contributed by atoms with van der Waals surface area (Å²) in [6.45, 7) is 4.70. The molecular weight excluding hydrogens is 358 g/mol. The Balaban J connectivity index is 1.29. The van der Waals surface area contributed by atoms with Crippen LogP contribution in [0.4, 0.5) is 4.79 Å². The minimum Gasteiger partial charge on any atom is -0.445 e. The van der Waals surface area contributed by atoms with E-state index in [1.165, 1.54) is 0 Å². The molecule has 1 N–H and O–H groups in total. The second-order valence-corrected chi connectivity index (χ2v) is 7.09. The van der Waals surface area contributed by atoms with Gasteiger partial charge in [-0.2, -0.15) is 5.10 Å². The van der Waals surface area contributed by atoms with Crippen molar-refractivity contribution in [3.05, 3.63) is 53.3 Å². The SMILES string of the molecule is O=C(OCc1ccccc1)N1CCN(C(=O)c2cc3n(n2)CCCNC3)CC1. The minimum atomic E-state index is -0.337. The van der Waals surface area contributed by atoms with Crippen molar-refractivity contribution >= 4 is 12.0 Å². The minimum absolute atomic E-state index is 0.0714. The summed E-state index contributed by atoms with van der Waals surface area (Å²) in [5.74, 6) is -0.0714. The van der Waals surface area contributed by atoms with Gasteiger partial charge >= 0.3 is 6.09 Å². The van der Waals surface area contributed by atoms with Crippen LogP contribution in [0.25, 0.3) is 0 Å². The average molecular weight is 383 g/mol. The molecule has 2 aromatic rings. The highest BCUT2D eigenvalue weighted by molar-refractivity contribution is 5.92. The molecule has 8 nitrogen and oxygen atoms in total. The Morgan fingerprint density at radius 3 is 2.57 bits per heavy atom. The predicted molar refractivity (Wildman–Crippen MR) is 103 cm³/mol. The number of aryl methyl sites for hydroxylation is 1. The highest BCUT2D eigenvalue weighted by atomic mass is 16.6. The number of nitrogens with zero attached hydrogens (tertiary/aromatic N) is 4. The lowest BCUT2D eigenvalue weighted by Gasteiger charge is -2.33. The van der Waals surface area contributed by atoms with E-state index in [9.17, 15) is 9.59 Å². The average Bonchev–Trinajstić information content (AvgIpc) is 3.02. The fraction of sp³-hybridized carbons (Fsp3) is 0.450. The number of fused-ring (bicyclic) bond motifs is 1. The Labute approximate surface area is 164 Å². The van der Waals surface area contributed by atoms with E-state index in [0.717, 1.165) is 37.3 Å². The molecular formula is C20H25N5O3. The van der Waals surface area contributed by atoms with E-state index in [1.807, 2.05) is 41.1 Å². The van der Waals surface area contributed by atoms with Crippen LogP contribution in [0.3, 0.4) is 0 Å². The Hall–Kier alpha value is -2.87. The molecule has 3 heterocycles. The Morgan fingerprint density at radius 2 is 1.79 bits per heavy atom. The standard InChI is InChI=1S/C20H25N5O3/c26-19(18-13-17-14-21-7-4-8-25(17)22-18)23-9-11-24(12-10-23)20(27)28-15-16-5-2-1-3-6-16/h1-3,5-6,13,21H,4,7-12,14-15H2. The van der Waals surface area contributed by atoms with E-state index < -0.39 is 0 Å². The van der Waals surface area contributed by atoms with Gasteiger partial charge in [0, 0.05) is 39.3 Å². The zero-order valence-corrected chi connectivity index (χ0v) is 15.8. The van der Waals surface area contributed by atoms with Crippen LogP contribution in [0.1, 0.15) is 28.2 Å². The van der Waals surface area contributed by atoms with Gasteiger partial charge in [0.15, 0.2) is 5.69 Å². The van der Waals surface area contributed by atoms with Gasteiger partial charge in [0.2, 0.25) is 0 Å². The van der Waals surface area contributed by atoms with E-state index in [4.69, 9.17) is 4.74 Å². The molecule has 0 atom stereocenters. The van der Waals surface area contributed by atoms with Crippen LogP contribution in [0, 0.1) is 0 Å². The molecule has 148 valence electrons. The van der Waals surface area contributed by atoms with Crippen LogP contribution in [0.2, 0.25) is 0 Å². The number of rotatable bonds is 3. The zero-order chi connectivity index (χ0) is 19.3. The molecule has 0 bridgehead atoms. The summed E-state index contributed by atoms with van der Waals surface area (Å²) >= 11 is 0. The van der Waals surface area contributed by atoms with Crippen molar-refractivity contribution in [3.8, 4) is 0 Å². The topological polar surface area (TPSA) is 79.7 Å². The molecule has 28 heavy (non-hydrogen) atoms. The zero-order valence-electron chi connectivity index (χ0n) is 15.8. The summed E-state index contributed by atoms with van der Waals surface area (Å²) in [6.07, 6.45) is 0.669. The van der Waals surface area contributed by atoms with Crippen LogP contribution in [0.15, 0.2) is 36.4 Å². The molecule has 2 amide bonds. The van der Waals surface area contributed by atoms with Crippen LogP contribution in [0.5, 0.6) is 0 Å². The number of piperazine rings is 1. The molecule has 4 rings (SSSR count). The van der Waals surface area contributed by atoms with Gasteiger partial charge in [-0.1, -0.05) is 30.3 Å². The number of carbonyl (C=O) groups excluding carboxylic acids is 2. The van der Waals surface area contributed by atoms with Gasteiger partial charge in [0.1, 0.15) is 6.61 Å². The van der Waals surface area contributed by atoms with Crippen molar-refractivity contribution in [2.75, 3.05) is 32.7 Å². The van der Waals surface area contributed by atoms with Crippen molar-refractivity contribution in [1.82, 2.24) is 24.9 Å². The van der Waals surface area contributed by atoms with Gasteiger partial charge in [0.25, 0.3) is 5.91 Å². The maximum atomic E-state index is 12.8. The molecule has 0 unspecified atom stereocenters. The lowest BCUT2D eigenvalue weighted by atomic mass is 10.2. The molecule has 2 aliphatic heterocycles. The summed E-state index contributed by atoms with van der Waals surface area (Å²) < 4.78 is 7.30. The van der Waals surface area contributed by atoms with E-state index in [0.29, 0.717) is 31.9 Å². The number of ether oxygens (including phenoxy) is 1. The van der Waals surface area contributed by atoms with Gasteiger partial charge in [-0.15, -0.1) is 0 Å². The number of hydrogen-bond acceptors (Lipinski definition) is 5. The first-order chi connectivity index (χ1) is 13.7. The lowest BCUT2D eigenvalue weighted by molar-refractivity contribution is 0.0539. The largest absolute Gasteiger partial charge is 0.445 e. The maximum Gasteiger partial charge on any atom is 0.410 e. The third kappa shape index (κ3) is 4.17. The summed E-state index contributed by atoms with van der Waals surface area (Å²) in [5, 5.41) is 7.82. The van der Waals surface area contributed by atoms with Crippen LogP contribution >= 0.6 is 0 Å². The van der Waals surface area contributed by atoms with Crippen LogP contribution in [-0.4, -0.2) is 64.3 Å². The first kappa shape index (κ1) is 18.5. The maximum absolute atomic E-state index is 12.8. The Kier molecular flexibility index (Phi) is 5.57. The normalized spacial score (nSPS) is 17.0. The lowest BCUT2D eigenvalue weighted by Crippen LogP contribution is -2.50. The summed E-state index contributed by atoms with van der Waals surface area (Å²) in [7, 11) is 0. The van der Waals surface area contributed by atoms with Crippen molar-refractivity contribution < 1.29 is 14.3 Å². The first-order valence-corrected chi connectivity index (χ1v) is 9.73. The van der Waals surface area contributed by atoms with Crippen molar-refractivity contribution in [3.63, 3.8) is 0 Å². The van der Waals surface area contributed by atoms with E-state index in [2.05, 4.69) is 10.4 Å². The number of aromatic nitrogens is 2. The van der Waals surface area contributed by atoms with Gasteiger partial charge in [-0.25, -0.2) is 4.79 Å². The molecule has 1 saturated heterocycles. The molecule has 2 aliphatic rings. The molecule has 0 saturated carbocycles. The van der Waals surface area contributed by atoms with Gasteiger partial charge in [-0.05, 0) is 24.6 Å². The highest BCUT2D eigenvalue weighted by Crippen LogP contribution is 2.13. The monoisotopic (exact) mass is 383 g/mol. The first-order valence-electron chi connectivity index (χ1n) is 9.73. The third-order valence-electron chi connectivity index (χ3n) is 5.14. The van der Waals surface area contributed by atoms with Gasteiger partial charge in [-0.3, -0.25) is 9.48 Å². The van der Waals surface area contributed by atoms with Gasteiger partial charge < -0.3 is 19.9 Å². The molecule has 8 heteroatoms. The number of hydrogen-bond donors (Lipinski definition) is 1. The second kappa shape index (κ2) is 8.43. The molecule has 0 radical (unpaired) electrons. The number of amides is 2. The number of carbonyl (C=O) groups is 2. The van der Waals surface area contributed by atoms with Crippen molar-refractivity contribution in [2.45, 2.75) is 26.1 Å². The highest BCUT2D eigenvalue weighted by Gasteiger charge is 2.27. The molecule has 1 aromatic heterocycles. The smallest absolute Gasteiger partial charge is 0.410 e. The van der Waals surface area contributed by atoms with E-state index in [-0.39, 0.29) is 18.6 Å². The summed E-state index contributed by atoms with van der Waals surface area (Å²) in [5.41, 5.74) is 2.49. The Bertz CT molecular complexity index is 804. The van der Waals surface area contributed by atoms with Gasteiger partial charge in [0.05, 0.1) is 5.69 Å². The van der Waals surface area contributed by atoms with Crippen LogP contribution in [-0.2, 0) is 24.4 Å². The van der Waals surface area contributed by atoms with Crippen molar-refractivity contribution in [1.29, 1.82) is 0 Å². The fourth-order valence-electron chi connectivity index (χ4n) is 3.53. The number of nitrogens with one attached hydrogen (secondary N) is 1. The van der Waals surface area contributed by atoms with E-state index >= 15 is 0 Å². The third-order valence-corrected chi connectivity index (χ3v) is 5.14. The quantitative estimate of drug-likeness (QED) is 0.868.